The first-order valence-corrected chi connectivity index (χ1v) is 11.0. The first-order chi connectivity index (χ1) is 14.5. The number of hydrogen-bond acceptors (Lipinski definition) is 5. The van der Waals surface area contributed by atoms with Crippen LogP contribution in [0.1, 0.15) is 47.7 Å². The Morgan fingerprint density at radius 1 is 1.17 bits per heavy atom. The predicted molar refractivity (Wildman–Crippen MR) is 118 cm³/mol. The number of carbonyl (C=O) groups excluding carboxylic acids is 1. The summed E-state index contributed by atoms with van der Waals surface area (Å²) in [5, 5.41) is 2.97. The number of aryl methyl sites for hydroxylation is 1. The van der Waals surface area contributed by atoms with E-state index < -0.39 is 0 Å². The highest BCUT2D eigenvalue weighted by atomic mass is 16.5. The van der Waals surface area contributed by atoms with Gasteiger partial charge in [0.15, 0.2) is 5.76 Å². The summed E-state index contributed by atoms with van der Waals surface area (Å²) in [6.45, 7) is 13.2. The van der Waals surface area contributed by atoms with Crippen molar-refractivity contribution in [3.8, 4) is 0 Å². The van der Waals surface area contributed by atoms with E-state index in [2.05, 4.69) is 60.2 Å². The number of amides is 1. The molecule has 1 fully saturated rings. The van der Waals surface area contributed by atoms with Crippen molar-refractivity contribution in [3.05, 3.63) is 59.0 Å². The number of ether oxygens (including phenoxy) is 1. The molecular weight excluding hydrogens is 378 g/mol. The molecule has 1 saturated heterocycles. The van der Waals surface area contributed by atoms with E-state index >= 15 is 0 Å². The van der Waals surface area contributed by atoms with Crippen LogP contribution in [0.2, 0.25) is 0 Å². The minimum absolute atomic E-state index is 0.141. The second-order valence-electron chi connectivity index (χ2n) is 8.32. The molecule has 0 radical (unpaired) electrons. The van der Waals surface area contributed by atoms with Crippen molar-refractivity contribution in [2.24, 2.45) is 0 Å². The van der Waals surface area contributed by atoms with Crippen LogP contribution < -0.4 is 5.32 Å². The molecule has 1 amide bonds. The Bertz CT molecular complexity index is 796. The van der Waals surface area contributed by atoms with E-state index in [9.17, 15) is 4.79 Å². The van der Waals surface area contributed by atoms with Gasteiger partial charge >= 0.3 is 0 Å². The van der Waals surface area contributed by atoms with E-state index in [0.717, 1.165) is 51.6 Å². The summed E-state index contributed by atoms with van der Waals surface area (Å²) in [7, 11) is 0. The molecule has 1 aromatic heterocycles. The Hall–Kier alpha value is -2.15. The van der Waals surface area contributed by atoms with Gasteiger partial charge < -0.3 is 14.5 Å². The Morgan fingerprint density at radius 2 is 1.97 bits per heavy atom. The van der Waals surface area contributed by atoms with E-state index in [-0.39, 0.29) is 5.91 Å². The van der Waals surface area contributed by atoms with Gasteiger partial charge in [-0.1, -0.05) is 29.8 Å². The lowest BCUT2D eigenvalue weighted by Crippen LogP contribution is -2.38. The molecule has 0 bridgehead atoms. The molecule has 0 saturated carbocycles. The van der Waals surface area contributed by atoms with Gasteiger partial charge in [-0.15, -0.1) is 0 Å². The van der Waals surface area contributed by atoms with E-state index in [4.69, 9.17) is 9.15 Å². The smallest absolute Gasteiger partial charge is 0.286 e. The number of rotatable bonds is 10. The largest absolute Gasteiger partial charge is 0.455 e. The molecule has 0 aliphatic carbocycles. The number of benzene rings is 1. The van der Waals surface area contributed by atoms with Crippen molar-refractivity contribution < 1.29 is 13.9 Å². The monoisotopic (exact) mass is 413 g/mol. The summed E-state index contributed by atoms with van der Waals surface area (Å²) in [5.74, 6) is 1.06. The summed E-state index contributed by atoms with van der Waals surface area (Å²) >= 11 is 0. The Morgan fingerprint density at radius 3 is 2.70 bits per heavy atom. The molecule has 3 rings (SSSR count). The molecule has 1 aromatic carbocycles. The molecule has 0 unspecified atom stereocenters. The van der Waals surface area contributed by atoms with Crippen molar-refractivity contribution >= 4 is 5.91 Å². The fourth-order valence-electron chi connectivity index (χ4n) is 3.67. The molecule has 30 heavy (non-hydrogen) atoms. The highest BCUT2D eigenvalue weighted by Crippen LogP contribution is 2.16. The fraction of sp³-hybridized carbons (Fsp3) is 0.542. The van der Waals surface area contributed by atoms with Crippen LogP contribution in [-0.4, -0.2) is 61.1 Å². The van der Waals surface area contributed by atoms with E-state index in [1.807, 2.05) is 6.07 Å². The summed E-state index contributed by atoms with van der Waals surface area (Å²) in [6.07, 6.45) is 0.928. The van der Waals surface area contributed by atoms with Gasteiger partial charge in [-0.25, -0.2) is 0 Å². The minimum Gasteiger partial charge on any atom is -0.455 e. The normalized spacial score (nSPS) is 15.1. The third-order valence-corrected chi connectivity index (χ3v) is 5.48. The number of nitrogens with zero attached hydrogens (tertiary/aromatic N) is 2. The summed E-state index contributed by atoms with van der Waals surface area (Å²) in [6, 6.07) is 12.6. The van der Waals surface area contributed by atoms with Crippen LogP contribution >= 0.6 is 0 Å². The molecule has 164 valence electrons. The number of carbonyl (C=O) groups is 1. The van der Waals surface area contributed by atoms with Crippen LogP contribution in [-0.2, 0) is 17.8 Å². The molecule has 2 aromatic rings. The Labute approximate surface area is 180 Å². The number of hydrogen-bond donors (Lipinski definition) is 1. The quantitative estimate of drug-likeness (QED) is 0.605. The van der Waals surface area contributed by atoms with E-state index in [1.54, 1.807) is 6.07 Å². The zero-order valence-corrected chi connectivity index (χ0v) is 18.5. The van der Waals surface area contributed by atoms with E-state index in [0.29, 0.717) is 24.9 Å². The van der Waals surface area contributed by atoms with Crippen molar-refractivity contribution in [3.63, 3.8) is 0 Å². The van der Waals surface area contributed by atoms with Gasteiger partial charge in [-0.05, 0) is 51.4 Å². The summed E-state index contributed by atoms with van der Waals surface area (Å²) in [4.78, 5) is 17.1. The van der Waals surface area contributed by atoms with E-state index in [1.165, 1.54) is 11.1 Å². The summed E-state index contributed by atoms with van der Waals surface area (Å²) in [5.41, 5.74) is 2.55. The van der Waals surface area contributed by atoms with Crippen LogP contribution in [0.15, 0.2) is 40.8 Å². The lowest BCUT2D eigenvalue weighted by atomic mass is 10.1. The molecule has 0 spiro atoms. The van der Waals surface area contributed by atoms with Crippen LogP contribution in [0.5, 0.6) is 0 Å². The lowest BCUT2D eigenvalue weighted by molar-refractivity contribution is 0.0374. The predicted octanol–water partition coefficient (Wildman–Crippen LogP) is 3.45. The van der Waals surface area contributed by atoms with Gasteiger partial charge in [0.25, 0.3) is 5.91 Å². The topological polar surface area (TPSA) is 58.0 Å². The fourth-order valence-corrected chi connectivity index (χ4v) is 3.67. The molecule has 1 N–H and O–H groups in total. The van der Waals surface area contributed by atoms with Gasteiger partial charge in [-0.3, -0.25) is 14.6 Å². The Balaban J connectivity index is 1.46. The van der Waals surface area contributed by atoms with Crippen molar-refractivity contribution in [2.75, 3.05) is 39.4 Å². The maximum absolute atomic E-state index is 12.4. The zero-order chi connectivity index (χ0) is 21.3. The van der Waals surface area contributed by atoms with Crippen LogP contribution in [0, 0.1) is 6.92 Å². The van der Waals surface area contributed by atoms with Crippen LogP contribution in [0.4, 0.5) is 0 Å². The zero-order valence-electron chi connectivity index (χ0n) is 18.5. The van der Waals surface area contributed by atoms with Gasteiger partial charge in [0, 0.05) is 32.2 Å². The van der Waals surface area contributed by atoms with Gasteiger partial charge in [0.1, 0.15) is 5.76 Å². The van der Waals surface area contributed by atoms with Crippen molar-refractivity contribution in [1.82, 2.24) is 15.1 Å². The summed E-state index contributed by atoms with van der Waals surface area (Å²) < 4.78 is 11.2. The number of morpholine rings is 1. The number of furan rings is 1. The van der Waals surface area contributed by atoms with Gasteiger partial charge in [0.05, 0.1) is 19.8 Å². The highest BCUT2D eigenvalue weighted by molar-refractivity contribution is 5.91. The molecule has 1 aliphatic rings. The first kappa shape index (κ1) is 22.5. The SMILES string of the molecule is Cc1cccc(CN(Cc2ccc(C(=O)NCCCN3CCOCC3)o2)C(C)C)c1. The molecular formula is C24H35N3O3. The minimum atomic E-state index is -0.141. The number of nitrogens with one attached hydrogen (secondary N) is 1. The third kappa shape index (κ3) is 6.97. The second-order valence-corrected chi connectivity index (χ2v) is 8.32. The first-order valence-electron chi connectivity index (χ1n) is 11.0. The van der Waals surface area contributed by atoms with Crippen molar-refractivity contribution in [1.29, 1.82) is 0 Å². The van der Waals surface area contributed by atoms with Gasteiger partial charge in [0.2, 0.25) is 0 Å². The average Bonchev–Trinajstić information content (AvgIpc) is 3.20. The van der Waals surface area contributed by atoms with Gasteiger partial charge in [-0.2, -0.15) is 0 Å². The average molecular weight is 414 g/mol. The van der Waals surface area contributed by atoms with Crippen LogP contribution in [0.25, 0.3) is 0 Å². The van der Waals surface area contributed by atoms with Crippen molar-refractivity contribution in [2.45, 2.75) is 46.3 Å². The highest BCUT2D eigenvalue weighted by Gasteiger charge is 2.16. The molecule has 6 heteroatoms. The molecule has 6 nitrogen and oxygen atoms in total. The molecule has 1 aliphatic heterocycles. The maximum Gasteiger partial charge on any atom is 0.286 e. The Kier molecular flexibility index (Phi) is 8.49. The van der Waals surface area contributed by atoms with Crippen LogP contribution in [0.3, 0.4) is 0 Å². The second kappa shape index (κ2) is 11.3. The lowest BCUT2D eigenvalue weighted by Gasteiger charge is -2.26. The molecule has 2 heterocycles. The maximum atomic E-state index is 12.4. The molecule has 0 atom stereocenters. The third-order valence-electron chi connectivity index (χ3n) is 5.48. The standard InChI is InChI=1S/C24H35N3O3/c1-19(2)27(17-21-7-4-6-20(3)16-21)18-22-8-9-23(30-22)24(28)25-10-5-11-26-12-14-29-15-13-26/h4,6-9,16,19H,5,10-15,17-18H2,1-3H3,(H,25,28).